The summed E-state index contributed by atoms with van der Waals surface area (Å²) in [7, 11) is 0. The van der Waals surface area contributed by atoms with Gasteiger partial charge in [0.25, 0.3) is 11.6 Å². The van der Waals surface area contributed by atoms with Crippen molar-refractivity contribution in [2.75, 3.05) is 11.9 Å². The quantitative estimate of drug-likeness (QED) is 0.143. The van der Waals surface area contributed by atoms with E-state index in [-0.39, 0.29) is 23.6 Å². The Kier molecular flexibility index (Phi) is 8.90. The molecule has 0 aliphatic carbocycles. The monoisotopic (exact) mass is 525 g/mol. The van der Waals surface area contributed by atoms with E-state index in [0.717, 1.165) is 5.56 Å². The molecule has 0 atom stereocenters. The summed E-state index contributed by atoms with van der Waals surface area (Å²) in [6.07, 6.45) is 1.36. The number of carbonyl (C=O) groups excluding carboxylic acids is 1. The van der Waals surface area contributed by atoms with Gasteiger partial charge in [0.15, 0.2) is 11.5 Å². The van der Waals surface area contributed by atoms with E-state index in [4.69, 9.17) is 32.7 Å². The fourth-order valence-corrected chi connectivity index (χ4v) is 3.52. The smallest absolute Gasteiger partial charge is 0.293 e. The van der Waals surface area contributed by atoms with Crippen LogP contribution in [0.25, 0.3) is 6.08 Å². The van der Waals surface area contributed by atoms with Crippen LogP contribution in [0.2, 0.25) is 10.0 Å². The van der Waals surface area contributed by atoms with E-state index in [1.165, 1.54) is 18.2 Å². The zero-order valence-electron chi connectivity index (χ0n) is 19.4. The Morgan fingerprint density at radius 3 is 2.53 bits per heavy atom. The third-order valence-corrected chi connectivity index (χ3v) is 5.66. The molecule has 0 radical (unpaired) electrons. The fourth-order valence-electron chi connectivity index (χ4n) is 3.20. The molecular formula is C26H21Cl2N3O5. The molecule has 0 bridgehead atoms. The molecule has 0 saturated heterocycles. The Hall–Kier alpha value is -4.06. The van der Waals surface area contributed by atoms with Gasteiger partial charge in [-0.1, -0.05) is 41.4 Å². The van der Waals surface area contributed by atoms with Crippen LogP contribution in [0.5, 0.6) is 11.5 Å². The standard InChI is InChI=1S/C26H21Cl2N3O5/c1-3-35-25-13-17(6-9-24(25)36-15-18-5-7-20(27)21(28)12-18)11-19(14-29)26(32)30-22-8-4-16(2)10-23(22)31(33)34/h4-13H,3,15H2,1-2H3,(H,30,32)/b19-11+. The normalized spacial score (nSPS) is 10.9. The molecular weight excluding hydrogens is 505 g/mol. The Bertz CT molecular complexity index is 1380. The molecule has 10 heteroatoms. The highest BCUT2D eigenvalue weighted by Gasteiger charge is 2.18. The molecule has 0 heterocycles. The van der Waals surface area contributed by atoms with Crippen LogP contribution in [0, 0.1) is 28.4 Å². The summed E-state index contributed by atoms with van der Waals surface area (Å²) in [5.74, 6) is 0.0962. The molecule has 1 N–H and O–H groups in total. The fraction of sp³-hybridized carbons (Fsp3) is 0.154. The molecule has 3 aromatic carbocycles. The van der Waals surface area contributed by atoms with Gasteiger partial charge in [-0.15, -0.1) is 0 Å². The maximum absolute atomic E-state index is 12.7. The molecule has 184 valence electrons. The van der Waals surface area contributed by atoms with E-state index >= 15 is 0 Å². The number of carbonyl (C=O) groups is 1. The van der Waals surface area contributed by atoms with Crippen molar-refractivity contribution in [3.05, 3.63) is 97.0 Å². The van der Waals surface area contributed by atoms with Crippen LogP contribution < -0.4 is 14.8 Å². The number of hydrogen-bond acceptors (Lipinski definition) is 6. The van der Waals surface area contributed by atoms with Crippen molar-refractivity contribution < 1.29 is 19.2 Å². The number of hydrogen-bond donors (Lipinski definition) is 1. The number of nitrogens with one attached hydrogen (secondary N) is 1. The van der Waals surface area contributed by atoms with E-state index in [1.54, 1.807) is 49.4 Å². The number of benzene rings is 3. The average molecular weight is 526 g/mol. The number of amides is 1. The Labute approximate surface area is 217 Å². The van der Waals surface area contributed by atoms with Crippen molar-refractivity contribution >= 4 is 46.6 Å². The molecule has 0 aliphatic rings. The van der Waals surface area contributed by atoms with E-state index in [1.807, 2.05) is 13.0 Å². The van der Waals surface area contributed by atoms with E-state index in [2.05, 4.69) is 5.32 Å². The molecule has 0 spiro atoms. The lowest BCUT2D eigenvalue weighted by Gasteiger charge is -2.13. The minimum atomic E-state index is -0.776. The predicted octanol–water partition coefficient (Wildman–Crippen LogP) is 6.73. The van der Waals surface area contributed by atoms with Gasteiger partial charge in [0.2, 0.25) is 0 Å². The van der Waals surface area contributed by atoms with Gasteiger partial charge in [0, 0.05) is 6.07 Å². The van der Waals surface area contributed by atoms with Crippen LogP contribution in [0.1, 0.15) is 23.6 Å². The maximum Gasteiger partial charge on any atom is 0.293 e. The van der Waals surface area contributed by atoms with Gasteiger partial charge in [-0.05, 0) is 66.9 Å². The van der Waals surface area contributed by atoms with E-state index in [9.17, 15) is 20.2 Å². The van der Waals surface area contributed by atoms with Gasteiger partial charge in [-0.2, -0.15) is 5.26 Å². The molecule has 0 saturated carbocycles. The van der Waals surface area contributed by atoms with E-state index < -0.39 is 10.8 Å². The van der Waals surface area contributed by atoms with Crippen LogP contribution in [0.3, 0.4) is 0 Å². The second-order valence-electron chi connectivity index (χ2n) is 7.58. The van der Waals surface area contributed by atoms with Gasteiger partial charge < -0.3 is 14.8 Å². The number of nitro groups is 1. The van der Waals surface area contributed by atoms with Crippen molar-refractivity contribution in [2.45, 2.75) is 20.5 Å². The topological polar surface area (TPSA) is 114 Å². The predicted molar refractivity (Wildman–Crippen MR) is 138 cm³/mol. The third kappa shape index (κ3) is 6.75. The van der Waals surface area contributed by atoms with Crippen molar-refractivity contribution in [2.24, 2.45) is 0 Å². The van der Waals surface area contributed by atoms with Gasteiger partial charge in [0.1, 0.15) is 23.9 Å². The number of rotatable bonds is 9. The first-order chi connectivity index (χ1) is 17.2. The first-order valence-electron chi connectivity index (χ1n) is 10.7. The lowest BCUT2D eigenvalue weighted by Crippen LogP contribution is -2.14. The molecule has 0 aliphatic heterocycles. The highest BCUT2D eigenvalue weighted by atomic mass is 35.5. The number of ether oxygens (including phenoxy) is 2. The number of anilines is 1. The highest BCUT2D eigenvalue weighted by Crippen LogP contribution is 2.31. The van der Waals surface area contributed by atoms with Crippen molar-refractivity contribution in [3.8, 4) is 17.6 Å². The number of nitriles is 1. The summed E-state index contributed by atoms with van der Waals surface area (Å²) in [5, 5.41) is 24.2. The van der Waals surface area contributed by atoms with Crippen molar-refractivity contribution in [1.29, 1.82) is 5.26 Å². The Morgan fingerprint density at radius 2 is 1.86 bits per heavy atom. The van der Waals surface area contributed by atoms with Crippen LogP contribution >= 0.6 is 23.2 Å². The van der Waals surface area contributed by atoms with Gasteiger partial charge in [-0.3, -0.25) is 14.9 Å². The van der Waals surface area contributed by atoms with Crippen molar-refractivity contribution in [1.82, 2.24) is 0 Å². The Balaban J connectivity index is 1.82. The summed E-state index contributed by atoms with van der Waals surface area (Å²) in [4.78, 5) is 23.4. The number of nitrogens with zero attached hydrogens (tertiary/aromatic N) is 2. The van der Waals surface area contributed by atoms with Crippen molar-refractivity contribution in [3.63, 3.8) is 0 Å². The number of nitro benzene ring substituents is 1. The van der Waals surface area contributed by atoms with Crippen LogP contribution in [-0.2, 0) is 11.4 Å². The molecule has 0 unspecified atom stereocenters. The summed E-state index contributed by atoms with van der Waals surface area (Å²) in [6.45, 7) is 4.09. The lowest BCUT2D eigenvalue weighted by molar-refractivity contribution is -0.384. The SMILES string of the molecule is CCOc1cc(/C=C(\C#N)C(=O)Nc2ccc(C)cc2[N+](=O)[O-])ccc1OCc1ccc(Cl)c(Cl)c1. The van der Waals surface area contributed by atoms with Gasteiger partial charge >= 0.3 is 0 Å². The van der Waals surface area contributed by atoms with Gasteiger partial charge in [0.05, 0.1) is 21.6 Å². The first kappa shape index (κ1) is 26.5. The average Bonchev–Trinajstić information content (AvgIpc) is 2.85. The zero-order chi connectivity index (χ0) is 26.2. The van der Waals surface area contributed by atoms with Gasteiger partial charge in [-0.25, -0.2) is 0 Å². The molecule has 36 heavy (non-hydrogen) atoms. The third-order valence-electron chi connectivity index (χ3n) is 4.92. The van der Waals surface area contributed by atoms with Crippen LogP contribution in [0.15, 0.2) is 60.2 Å². The highest BCUT2D eigenvalue weighted by molar-refractivity contribution is 6.42. The minimum absolute atomic E-state index is 0.00203. The Morgan fingerprint density at radius 1 is 1.08 bits per heavy atom. The van der Waals surface area contributed by atoms with Crippen LogP contribution in [0.4, 0.5) is 11.4 Å². The molecule has 3 rings (SSSR count). The van der Waals surface area contributed by atoms with E-state index in [0.29, 0.717) is 39.3 Å². The lowest BCUT2D eigenvalue weighted by atomic mass is 10.1. The number of aryl methyl sites for hydroxylation is 1. The molecule has 8 nitrogen and oxygen atoms in total. The maximum atomic E-state index is 12.7. The number of halogens is 2. The summed E-state index contributed by atoms with van der Waals surface area (Å²) in [6, 6.07) is 16.4. The molecule has 1 amide bonds. The first-order valence-corrected chi connectivity index (χ1v) is 11.5. The molecule has 0 aromatic heterocycles. The summed E-state index contributed by atoms with van der Waals surface area (Å²) >= 11 is 12.0. The second kappa shape index (κ2) is 12.1. The van der Waals surface area contributed by atoms with Crippen LogP contribution in [-0.4, -0.2) is 17.4 Å². The zero-order valence-corrected chi connectivity index (χ0v) is 20.9. The molecule has 0 fully saturated rings. The largest absolute Gasteiger partial charge is 0.490 e. The second-order valence-corrected chi connectivity index (χ2v) is 8.39. The summed E-state index contributed by atoms with van der Waals surface area (Å²) in [5.41, 5.74) is 1.48. The minimum Gasteiger partial charge on any atom is -0.490 e. The molecule has 3 aromatic rings. The summed E-state index contributed by atoms with van der Waals surface area (Å²) < 4.78 is 11.5.